The highest BCUT2D eigenvalue weighted by Gasteiger charge is 1.93. The molecule has 2 unspecified atom stereocenters. The van der Waals surface area contributed by atoms with Crippen molar-refractivity contribution >= 4 is 17.4 Å². The van der Waals surface area contributed by atoms with Gasteiger partial charge in [-0.1, -0.05) is 55.5 Å². The van der Waals surface area contributed by atoms with Crippen LogP contribution in [0.3, 0.4) is 0 Å². The molecular formula is C20H36OP2. The van der Waals surface area contributed by atoms with Gasteiger partial charge >= 0.3 is 0 Å². The maximum absolute atomic E-state index is 5.34. The molecule has 0 aliphatic carbocycles. The fourth-order valence-corrected chi connectivity index (χ4v) is 2.69. The quantitative estimate of drug-likeness (QED) is 0.200. The predicted octanol–water partition coefficient (Wildman–Crippen LogP) is 7.53. The molecular weight excluding hydrogens is 318 g/mol. The summed E-state index contributed by atoms with van der Waals surface area (Å²) in [5, 5.41) is 0. The highest BCUT2D eigenvalue weighted by molar-refractivity contribution is 8.00. The van der Waals surface area contributed by atoms with Crippen LogP contribution in [0.15, 0.2) is 46.6 Å². The lowest BCUT2D eigenvalue weighted by Gasteiger charge is -2.03. The summed E-state index contributed by atoms with van der Waals surface area (Å²) in [6.45, 7) is 11.8. The Hall–Kier alpha value is -0.220. The molecule has 0 bridgehead atoms. The zero-order chi connectivity index (χ0) is 17.5. The lowest BCUT2D eigenvalue weighted by atomic mass is 10.0. The fourth-order valence-electron chi connectivity index (χ4n) is 2.22. The highest BCUT2D eigenvalue weighted by atomic mass is 32.0. The lowest BCUT2D eigenvalue weighted by Crippen LogP contribution is -1.84. The van der Waals surface area contributed by atoms with Crippen LogP contribution in [0.25, 0.3) is 0 Å². The van der Waals surface area contributed by atoms with Crippen molar-refractivity contribution in [3.8, 4) is 0 Å². The van der Waals surface area contributed by atoms with Gasteiger partial charge in [0.1, 0.15) is 0 Å². The average molecular weight is 354 g/mol. The van der Waals surface area contributed by atoms with E-state index in [1.807, 2.05) is 0 Å². The lowest BCUT2D eigenvalue weighted by molar-refractivity contribution is 0.422. The summed E-state index contributed by atoms with van der Waals surface area (Å²) in [6, 6.07) is 0. The van der Waals surface area contributed by atoms with Crippen LogP contribution in [0.4, 0.5) is 0 Å². The van der Waals surface area contributed by atoms with Crippen molar-refractivity contribution in [1.29, 1.82) is 0 Å². The molecule has 0 aliphatic rings. The summed E-state index contributed by atoms with van der Waals surface area (Å²) in [6.07, 6.45) is 16.3. The third-order valence-electron chi connectivity index (χ3n) is 3.75. The monoisotopic (exact) mass is 354 g/mol. The first kappa shape index (κ1) is 22.8. The molecule has 0 amide bonds. The van der Waals surface area contributed by atoms with Gasteiger partial charge < -0.3 is 4.52 Å². The second-order valence-corrected chi connectivity index (χ2v) is 7.71. The van der Waals surface area contributed by atoms with Gasteiger partial charge in [0, 0.05) is 8.50 Å². The van der Waals surface area contributed by atoms with E-state index in [0.29, 0.717) is 8.50 Å². The molecule has 0 aliphatic heterocycles. The van der Waals surface area contributed by atoms with Crippen molar-refractivity contribution in [1.82, 2.24) is 0 Å². The highest BCUT2D eigenvalue weighted by Crippen LogP contribution is 2.21. The van der Waals surface area contributed by atoms with Gasteiger partial charge in [-0.05, 0) is 73.1 Å². The molecule has 0 saturated carbocycles. The fraction of sp³-hybridized carbons (Fsp3) is 0.600. The minimum absolute atomic E-state index is 0.503. The van der Waals surface area contributed by atoms with Gasteiger partial charge in [-0.25, -0.2) is 0 Å². The van der Waals surface area contributed by atoms with Gasteiger partial charge in [-0.3, -0.25) is 0 Å². The summed E-state index contributed by atoms with van der Waals surface area (Å²) in [7, 11) is 3.11. The van der Waals surface area contributed by atoms with Crippen molar-refractivity contribution in [2.24, 2.45) is 0 Å². The van der Waals surface area contributed by atoms with E-state index >= 15 is 0 Å². The van der Waals surface area contributed by atoms with E-state index in [2.05, 4.69) is 67.9 Å². The molecule has 0 aromatic carbocycles. The first-order chi connectivity index (χ1) is 11.0. The molecule has 23 heavy (non-hydrogen) atoms. The second kappa shape index (κ2) is 15.3. The summed E-state index contributed by atoms with van der Waals surface area (Å²) >= 11 is 0. The van der Waals surface area contributed by atoms with E-state index in [4.69, 9.17) is 4.52 Å². The summed E-state index contributed by atoms with van der Waals surface area (Å²) in [5.41, 5.74) is 5.87. The molecule has 0 aromatic rings. The second-order valence-electron chi connectivity index (χ2n) is 6.48. The van der Waals surface area contributed by atoms with Crippen molar-refractivity contribution in [3.05, 3.63) is 46.6 Å². The van der Waals surface area contributed by atoms with E-state index in [1.165, 1.54) is 48.0 Å². The Bertz CT molecular complexity index is 427. The van der Waals surface area contributed by atoms with Crippen LogP contribution >= 0.6 is 17.4 Å². The van der Waals surface area contributed by atoms with Crippen molar-refractivity contribution in [2.45, 2.75) is 73.1 Å². The normalized spacial score (nSPS) is 13.9. The van der Waals surface area contributed by atoms with Gasteiger partial charge in [-0.2, -0.15) is 0 Å². The topological polar surface area (TPSA) is 9.23 Å². The molecule has 0 spiro atoms. The Labute approximate surface area is 148 Å². The maximum atomic E-state index is 5.34. The summed E-state index contributed by atoms with van der Waals surface area (Å²) in [4.78, 5) is 0. The zero-order valence-corrected chi connectivity index (χ0v) is 17.9. The van der Waals surface area contributed by atoms with E-state index in [1.54, 1.807) is 0 Å². The van der Waals surface area contributed by atoms with Crippen LogP contribution in [0.2, 0.25) is 0 Å². The van der Waals surface area contributed by atoms with Crippen LogP contribution in [0, 0.1) is 0 Å². The van der Waals surface area contributed by atoms with Crippen LogP contribution in [-0.2, 0) is 4.52 Å². The minimum Gasteiger partial charge on any atom is -0.354 e. The standard InChI is InChI=1S/C20H36OP2/c1-17(2)9-6-10-18(3)11-7-12-19(4)13-8-14-20(5)15-16-21-23-22/h9,11,13,15,23H,6-8,10,12,14,16,22H2,1-5H3/b18-11?,19-13+,20-15+. The Balaban J connectivity index is 3.93. The Morgan fingerprint density at radius 2 is 1.17 bits per heavy atom. The SMILES string of the molecule is CC(C)=CCCC(C)=CCC/C(C)=C/CC/C(C)=C/COPP. The van der Waals surface area contributed by atoms with E-state index < -0.39 is 0 Å². The van der Waals surface area contributed by atoms with Crippen molar-refractivity contribution < 1.29 is 4.52 Å². The smallest absolute Gasteiger partial charge is 0.0693 e. The molecule has 2 atom stereocenters. The van der Waals surface area contributed by atoms with Gasteiger partial charge in [0.15, 0.2) is 0 Å². The largest absolute Gasteiger partial charge is 0.354 e. The van der Waals surface area contributed by atoms with E-state index in [0.717, 1.165) is 19.4 Å². The molecule has 0 N–H and O–H groups in total. The molecule has 0 saturated heterocycles. The molecule has 132 valence electrons. The Kier molecular flexibility index (Phi) is 15.2. The first-order valence-electron chi connectivity index (χ1n) is 8.63. The molecule has 0 aromatic heterocycles. The average Bonchev–Trinajstić information content (AvgIpc) is 2.47. The van der Waals surface area contributed by atoms with Crippen LogP contribution in [-0.4, -0.2) is 6.61 Å². The molecule has 1 nitrogen and oxygen atoms in total. The Morgan fingerprint density at radius 1 is 0.739 bits per heavy atom. The summed E-state index contributed by atoms with van der Waals surface area (Å²) in [5.74, 6) is 0. The minimum atomic E-state index is 0.503. The third kappa shape index (κ3) is 16.4. The van der Waals surface area contributed by atoms with Gasteiger partial charge in [0.25, 0.3) is 0 Å². The molecule has 0 heterocycles. The Morgan fingerprint density at radius 3 is 1.61 bits per heavy atom. The van der Waals surface area contributed by atoms with Crippen LogP contribution in [0.5, 0.6) is 0 Å². The van der Waals surface area contributed by atoms with Crippen LogP contribution < -0.4 is 0 Å². The third-order valence-corrected chi connectivity index (χ3v) is 4.59. The number of hydrogen-bond acceptors (Lipinski definition) is 1. The molecule has 0 rings (SSSR count). The first-order valence-corrected chi connectivity index (χ1v) is 11.3. The number of rotatable bonds is 12. The van der Waals surface area contributed by atoms with Gasteiger partial charge in [0.05, 0.1) is 6.61 Å². The van der Waals surface area contributed by atoms with Gasteiger partial charge in [-0.15, -0.1) is 0 Å². The summed E-state index contributed by atoms with van der Waals surface area (Å²) < 4.78 is 5.34. The predicted molar refractivity (Wildman–Crippen MR) is 112 cm³/mol. The molecule has 0 radical (unpaired) electrons. The maximum Gasteiger partial charge on any atom is 0.0693 e. The molecule has 0 fully saturated rings. The van der Waals surface area contributed by atoms with Crippen LogP contribution in [0.1, 0.15) is 73.1 Å². The number of hydrogen-bond donors (Lipinski definition) is 0. The van der Waals surface area contributed by atoms with Crippen molar-refractivity contribution in [3.63, 3.8) is 0 Å². The molecule has 3 heteroatoms. The van der Waals surface area contributed by atoms with Gasteiger partial charge in [0.2, 0.25) is 0 Å². The van der Waals surface area contributed by atoms with Crippen molar-refractivity contribution in [2.75, 3.05) is 6.61 Å². The zero-order valence-electron chi connectivity index (χ0n) is 15.7. The van der Waals surface area contributed by atoms with E-state index in [9.17, 15) is 0 Å². The number of allylic oxidation sites excluding steroid dienone is 7. The van der Waals surface area contributed by atoms with E-state index in [-0.39, 0.29) is 0 Å².